The zero-order valence-electron chi connectivity index (χ0n) is 12.2. The molecule has 20 heavy (non-hydrogen) atoms. The molecule has 0 nitrogen and oxygen atoms in total. The second-order valence-electron chi connectivity index (χ2n) is 6.30. The van der Waals surface area contributed by atoms with Crippen LogP contribution >= 0.6 is 0 Å². The number of fused-ring (bicyclic) bond motifs is 5. The van der Waals surface area contributed by atoms with E-state index in [-0.39, 0.29) is 0 Å². The molecule has 0 N–H and O–H groups in total. The normalized spacial score (nSPS) is 19.7. The molecule has 0 amide bonds. The van der Waals surface area contributed by atoms with E-state index in [1.54, 1.807) is 16.7 Å². The Hall–Kier alpha value is -1.82. The first-order valence-electron chi connectivity index (χ1n) is 7.64. The summed E-state index contributed by atoms with van der Waals surface area (Å²) in [6, 6.07) is 13.6. The lowest BCUT2D eigenvalue weighted by molar-refractivity contribution is 0.841. The standard InChI is InChI=1S/C20H20/c1-13-11-14(2)16-9-10-18-17-6-4-3-5-15(17)7-8-19(18)20(16)12-13/h3-6,9-11,14H,7-8,12H2,1-2H3. The van der Waals surface area contributed by atoms with Crippen LogP contribution < -0.4 is 0 Å². The van der Waals surface area contributed by atoms with E-state index in [0.717, 1.165) is 6.42 Å². The van der Waals surface area contributed by atoms with Gasteiger partial charge in [-0.3, -0.25) is 0 Å². The first-order valence-corrected chi connectivity index (χ1v) is 7.64. The lowest BCUT2D eigenvalue weighted by Gasteiger charge is -2.28. The van der Waals surface area contributed by atoms with Crippen molar-refractivity contribution in [2.45, 2.75) is 39.0 Å². The van der Waals surface area contributed by atoms with Gasteiger partial charge in [0, 0.05) is 0 Å². The van der Waals surface area contributed by atoms with Crippen molar-refractivity contribution >= 4 is 0 Å². The molecular weight excluding hydrogens is 240 g/mol. The molecule has 0 heterocycles. The van der Waals surface area contributed by atoms with Gasteiger partial charge in [0.05, 0.1) is 0 Å². The Morgan fingerprint density at radius 2 is 1.75 bits per heavy atom. The lowest BCUT2D eigenvalue weighted by atomic mass is 9.76. The third-order valence-electron chi connectivity index (χ3n) is 4.90. The van der Waals surface area contributed by atoms with Gasteiger partial charge in [-0.1, -0.05) is 55.0 Å². The maximum absolute atomic E-state index is 2.42. The molecule has 2 aromatic carbocycles. The number of aryl methyl sites for hydroxylation is 1. The Kier molecular flexibility index (Phi) is 2.60. The van der Waals surface area contributed by atoms with Crippen LogP contribution in [0.3, 0.4) is 0 Å². The fourth-order valence-electron chi connectivity index (χ4n) is 4.00. The molecule has 100 valence electrons. The second-order valence-corrected chi connectivity index (χ2v) is 6.30. The van der Waals surface area contributed by atoms with Crippen LogP contribution in [0.15, 0.2) is 48.0 Å². The molecule has 0 aliphatic heterocycles. The number of allylic oxidation sites excluding steroid dienone is 2. The molecule has 1 unspecified atom stereocenters. The van der Waals surface area contributed by atoms with Crippen molar-refractivity contribution in [3.63, 3.8) is 0 Å². The maximum Gasteiger partial charge on any atom is -0.000480 e. The predicted octanol–water partition coefficient (Wildman–Crippen LogP) is 5.06. The van der Waals surface area contributed by atoms with Crippen LogP contribution in [0, 0.1) is 0 Å². The zero-order chi connectivity index (χ0) is 13.7. The Morgan fingerprint density at radius 1 is 0.900 bits per heavy atom. The fourth-order valence-corrected chi connectivity index (χ4v) is 4.00. The molecule has 1 atom stereocenters. The summed E-state index contributed by atoms with van der Waals surface area (Å²) >= 11 is 0. The molecule has 2 aliphatic carbocycles. The summed E-state index contributed by atoms with van der Waals surface area (Å²) in [5, 5.41) is 0. The summed E-state index contributed by atoms with van der Waals surface area (Å²) in [7, 11) is 0. The molecule has 0 heteroatoms. The Balaban J connectivity index is 1.95. The van der Waals surface area contributed by atoms with Gasteiger partial charge in [0.25, 0.3) is 0 Å². The quantitative estimate of drug-likeness (QED) is 0.581. The first kappa shape index (κ1) is 12.0. The van der Waals surface area contributed by atoms with E-state index >= 15 is 0 Å². The van der Waals surface area contributed by atoms with Gasteiger partial charge in [0.15, 0.2) is 0 Å². The molecule has 0 spiro atoms. The number of hydrogen-bond acceptors (Lipinski definition) is 0. The van der Waals surface area contributed by atoms with Crippen LogP contribution in [0.5, 0.6) is 0 Å². The van der Waals surface area contributed by atoms with Gasteiger partial charge in [-0.25, -0.2) is 0 Å². The number of benzene rings is 2. The SMILES string of the molecule is CC1=CC(C)c2ccc3c(c2C1)CCc1ccccc1-3. The van der Waals surface area contributed by atoms with Gasteiger partial charge >= 0.3 is 0 Å². The zero-order valence-corrected chi connectivity index (χ0v) is 12.2. The summed E-state index contributed by atoms with van der Waals surface area (Å²) in [5.74, 6) is 0.571. The molecule has 0 saturated heterocycles. The van der Waals surface area contributed by atoms with E-state index in [2.05, 4.69) is 56.3 Å². The third-order valence-corrected chi connectivity index (χ3v) is 4.90. The highest BCUT2D eigenvalue weighted by Crippen LogP contribution is 2.40. The first-order chi connectivity index (χ1) is 9.74. The third kappa shape index (κ3) is 1.67. The lowest BCUT2D eigenvalue weighted by Crippen LogP contribution is -2.13. The Bertz CT molecular complexity index is 719. The molecular formula is C20H20. The molecule has 0 bridgehead atoms. The van der Waals surface area contributed by atoms with E-state index < -0.39 is 0 Å². The van der Waals surface area contributed by atoms with Crippen LogP contribution in [-0.4, -0.2) is 0 Å². The topological polar surface area (TPSA) is 0 Å². The van der Waals surface area contributed by atoms with Gasteiger partial charge in [0.2, 0.25) is 0 Å². The summed E-state index contributed by atoms with van der Waals surface area (Å²) in [4.78, 5) is 0. The number of rotatable bonds is 0. The highest BCUT2D eigenvalue weighted by atomic mass is 14.3. The molecule has 2 aromatic rings. The van der Waals surface area contributed by atoms with Crippen molar-refractivity contribution in [2.75, 3.05) is 0 Å². The van der Waals surface area contributed by atoms with E-state index in [0.29, 0.717) is 5.92 Å². The number of hydrogen-bond donors (Lipinski definition) is 0. The van der Waals surface area contributed by atoms with Crippen LogP contribution in [0.1, 0.15) is 42.0 Å². The minimum atomic E-state index is 0.571. The van der Waals surface area contributed by atoms with E-state index in [9.17, 15) is 0 Å². The van der Waals surface area contributed by atoms with Crippen molar-refractivity contribution in [1.82, 2.24) is 0 Å². The minimum Gasteiger partial charge on any atom is -0.0780 e. The van der Waals surface area contributed by atoms with Crippen molar-refractivity contribution < 1.29 is 0 Å². The average molecular weight is 260 g/mol. The maximum atomic E-state index is 2.42. The Labute approximate surface area is 121 Å². The van der Waals surface area contributed by atoms with Gasteiger partial charge < -0.3 is 0 Å². The Morgan fingerprint density at radius 3 is 2.65 bits per heavy atom. The van der Waals surface area contributed by atoms with Gasteiger partial charge in [-0.05, 0) is 65.5 Å². The van der Waals surface area contributed by atoms with E-state index in [1.807, 2.05) is 0 Å². The fraction of sp³-hybridized carbons (Fsp3) is 0.300. The summed E-state index contributed by atoms with van der Waals surface area (Å²) in [5.41, 5.74) is 10.7. The van der Waals surface area contributed by atoms with Crippen molar-refractivity contribution in [3.8, 4) is 11.1 Å². The van der Waals surface area contributed by atoms with Crippen molar-refractivity contribution in [1.29, 1.82) is 0 Å². The van der Waals surface area contributed by atoms with Crippen LogP contribution in [0.4, 0.5) is 0 Å². The van der Waals surface area contributed by atoms with E-state index in [4.69, 9.17) is 0 Å². The van der Waals surface area contributed by atoms with Gasteiger partial charge in [-0.2, -0.15) is 0 Å². The smallest absolute Gasteiger partial charge is 0.000480 e. The van der Waals surface area contributed by atoms with Crippen LogP contribution in [0.25, 0.3) is 11.1 Å². The highest BCUT2D eigenvalue weighted by molar-refractivity contribution is 5.75. The summed E-state index contributed by atoms with van der Waals surface area (Å²) in [6.45, 7) is 4.60. The summed E-state index contributed by atoms with van der Waals surface area (Å²) < 4.78 is 0. The molecule has 2 aliphatic rings. The highest BCUT2D eigenvalue weighted by Gasteiger charge is 2.23. The second kappa shape index (κ2) is 4.34. The van der Waals surface area contributed by atoms with Crippen molar-refractivity contribution in [2.24, 2.45) is 0 Å². The largest absolute Gasteiger partial charge is 0.0780 e. The van der Waals surface area contributed by atoms with Crippen molar-refractivity contribution in [3.05, 3.63) is 70.3 Å². The van der Waals surface area contributed by atoms with Gasteiger partial charge in [-0.15, -0.1) is 0 Å². The molecule has 0 saturated carbocycles. The predicted molar refractivity (Wildman–Crippen MR) is 85.2 cm³/mol. The van der Waals surface area contributed by atoms with Crippen LogP contribution in [-0.2, 0) is 19.3 Å². The minimum absolute atomic E-state index is 0.571. The summed E-state index contributed by atoms with van der Waals surface area (Å²) in [6.07, 6.45) is 5.96. The van der Waals surface area contributed by atoms with Gasteiger partial charge in [0.1, 0.15) is 0 Å². The van der Waals surface area contributed by atoms with E-state index in [1.165, 1.54) is 35.1 Å². The monoisotopic (exact) mass is 260 g/mol. The molecule has 0 aromatic heterocycles. The average Bonchev–Trinajstić information content (AvgIpc) is 2.46. The molecule has 0 radical (unpaired) electrons. The molecule has 4 rings (SSSR count). The van der Waals surface area contributed by atoms with Crippen LogP contribution in [0.2, 0.25) is 0 Å². The molecule has 0 fully saturated rings.